The fraction of sp³-hybridized carbons (Fsp3) is 0.308. The number of hydrogen-bond donors (Lipinski definition) is 2. The van der Waals surface area contributed by atoms with Gasteiger partial charge in [0.1, 0.15) is 0 Å². The van der Waals surface area contributed by atoms with Gasteiger partial charge < -0.3 is 10.2 Å². The lowest BCUT2D eigenvalue weighted by Crippen LogP contribution is -1.96. The van der Waals surface area contributed by atoms with Crippen molar-refractivity contribution in [3.8, 4) is 0 Å². The second-order valence-corrected chi connectivity index (χ2v) is 3.15. The summed E-state index contributed by atoms with van der Waals surface area (Å²) >= 11 is 0. The maximum absolute atomic E-state index is 8.83. The topological polar surface area (TPSA) is 48.4 Å². The van der Waals surface area contributed by atoms with E-state index in [0.717, 1.165) is 22.9 Å². The second-order valence-electron chi connectivity index (χ2n) is 3.15. The monoisotopic (exact) mass is 218 g/mol. The van der Waals surface area contributed by atoms with Crippen molar-refractivity contribution >= 4 is 16.6 Å². The molecule has 0 unspecified atom stereocenters. The Bertz CT molecular complexity index is 471. The van der Waals surface area contributed by atoms with E-state index in [-0.39, 0.29) is 0 Å². The molecule has 2 rings (SSSR count). The summed E-state index contributed by atoms with van der Waals surface area (Å²) in [7, 11) is 0. The van der Waals surface area contributed by atoms with Gasteiger partial charge in [-0.1, -0.05) is 44.1 Å². The molecule has 86 valence electrons. The number of aromatic nitrogens is 1. The third-order valence-electron chi connectivity index (χ3n) is 2.36. The first-order valence-corrected chi connectivity index (χ1v) is 5.64. The van der Waals surface area contributed by atoms with Gasteiger partial charge >= 0.3 is 0 Å². The van der Waals surface area contributed by atoms with Gasteiger partial charge in [0.2, 0.25) is 0 Å². The number of nitrogens with zero attached hydrogens (tertiary/aromatic N) is 1. The second kappa shape index (κ2) is 5.95. The number of nitrogens with one attached hydrogen (secondary N) is 1. The third kappa shape index (κ3) is 2.24. The van der Waals surface area contributed by atoms with Gasteiger partial charge in [0.25, 0.3) is 0 Å². The van der Waals surface area contributed by atoms with Crippen molar-refractivity contribution in [1.82, 2.24) is 4.98 Å². The van der Waals surface area contributed by atoms with Crippen molar-refractivity contribution in [2.24, 2.45) is 5.16 Å². The van der Waals surface area contributed by atoms with Crippen LogP contribution in [0.5, 0.6) is 0 Å². The lowest BCUT2D eigenvalue weighted by atomic mass is 10.1. The molecule has 0 aliphatic rings. The average molecular weight is 218 g/mol. The Kier molecular flexibility index (Phi) is 4.58. The van der Waals surface area contributed by atoms with Crippen LogP contribution in [0, 0.1) is 0 Å². The molecule has 0 saturated heterocycles. The number of aromatic amines is 1. The highest BCUT2D eigenvalue weighted by Gasteiger charge is 2.07. The Balaban J connectivity index is 0.000000606. The molecule has 3 nitrogen and oxygen atoms in total. The zero-order valence-corrected chi connectivity index (χ0v) is 9.99. The third-order valence-corrected chi connectivity index (χ3v) is 2.36. The number of H-pyrrole nitrogens is 1. The quantitative estimate of drug-likeness (QED) is 0.450. The van der Waals surface area contributed by atoms with Crippen LogP contribution in [0.3, 0.4) is 0 Å². The first-order valence-electron chi connectivity index (χ1n) is 5.64. The van der Waals surface area contributed by atoms with Gasteiger partial charge in [0.15, 0.2) is 0 Å². The Morgan fingerprint density at radius 2 is 2.00 bits per heavy atom. The molecular formula is C13H18N2O. The molecule has 0 atom stereocenters. The normalized spacial score (nSPS) is 11.1. The van der Waals surface area contributed by atoms with E-state index in [1.807, 2.05) is 51.2 Å². The van der Waals surface area contributed by atoms with E-state index in [4.69, 9.17) is 5.21 Å². The van der Waals surface area contributed by atoms with Crippen LogP contribution in [-0.4, -0.2) is 15.9 Å². The maximum Gasteiger partial charge on any atom is 0.0886 e. The summed E-state index contributed by atoms with van der Waals surface area (Å²) in [5.74, 6) is 0. The van der Waals surface area contributed by atoms with E-state index < -0.39 is 0 Å². The molecule has 0 aliphatic carbocycles. The molecule has 2 aromatic rings. The Morgan fingerprint density at radius 3 is 2.62 bits per heavy atom. The first kappa shape index (κ1) is 12.3. The van der Waals surface area contributed by atoms with Crippen LogP contribution < -0.4 is 0 Å². The van der Waals surface area contributed by atoms with Crippen LogP contribution in [0.1, 0.15) is 32.8 Å². The van der Waals surface area contributed by atoms with Crippen LogP contribution in [0.4, 0.5) is 0 Å². The molecule has 1 heterocycles. The first-order chi connectivity index (χ1) is 7.86. The minimum atomic E-state index is 0.711. The summed E-state index contributed by atoms with van der Waals surface area (Å²) in [5.41, 5.74) is 2.75. The van der Waals surface area contributed by atoms with Crippen LogP contribution in [0.25, 0.3) is 10.9 Å². The standard InChI is InChI=1S/C11H12N2O.C2H6/c1-2-10(13-14)9-7-12-11-6-4-3-5-8(9)11;1-2/h3-7,12,14H,2H2,1H3;1-2H3/b13-10-;. The smallest absolute Gasteiger partial charge is 0.0886 e. The zero-order chi connectivity index (χ0) is 12.0. The molecule has 3 heteroatoms. The van der Waals surface area contributed by atoms with Gasteiger partial charge in [-0.15, -0.1) is 0 Å². The molecule has 0 aliphatic heterocycles. The van der Waals surface area contributed by atoms with E-state index in [1.165, 1.54) is 0 Å². The van der Waals surface area contributed by atoms with E-state index >= 15 is 0 Å². The molecule has 0 spiro atoms. The van der Waals surface area contributed by atoms with E-state index in [2.05, 4.69) is 10.1 Å². The van der Waals surface area contributed by atoms with Crippen molar-refractivity contribution < 1.29 is 5.21 Å². The molecule has 0 bridgehead atoms. The van der Waals surface area contributed by atoms with E-state index in [9.17, 15) is 0 Å². The summed E-state index contributed by atoms with van der Waals surface area (Å²) in [4.78, 5) is 3.15. The molecule has 2 N–H and O–H groups in total. The van der Waals surface area contributed by atoms with E-state index in [0.29, 0.717) is 5.71 Å². The fourth-order valence-electron chi connectivity index (χ4n) is 1.63. The number of para-hydroxylation sites is 1. The highest BCUT2D eigenvalue weighted by atomic mass is 16.4. The summed E-state index contributed by atoms with van der Waals surface area (Å²) in [5, 5.41) is 13.2. The predicted molar refractivity (Wildman–Crippen MR) is 68.3 cm³/mol. The van der Waals surface area contributed by atoms with Crippen LogP contribution in [0.15, 0.2) is 35.6 Å². The van der Waals surface area contributed by atoms with Gasteiger partial charge in [-0.25, -0.2) is 0 Å². The number of benzene rings is 1. The zero-order valence-electron chi connectivity index (χ0n) is 9.99. The van der Waals surface area contributed by atoms with Gasteiger partial charge in [-0.2, -0.15) is 0 Å². The van der Waals surface area contributed by atoms with Crippen molar-refractivity contribution in [3.63, 3.8) is 0 Å². The predicted octanol–water partition coefficient (Wildman–Crippen LogP) is 3.78. The lowest BCUT2D eigenvalue weighted by Gasteiger charge is -1.97. The highest BCUT2D eigenvalue weighted by Crippen LogP contribution is 2.19. The minimum absolute atomic E-state index is 0.711. The Hall–Kier alpha value is -1.77. The molecule has 0 amide bonds. The maximum atomic E-state index is 8.83. The molecule has 0 radical (unpaired) electrons. The highest BCUT2D eigenvalue weighted by molar-refractivity contribution is 6.10. The van der Waals surface area contributed by atoms with Gasteiger partial charge in [-0.05, 0) is 12.5 Å². The van der Waals surface area contributed by atoms with E-state index in [1.54, 1.807) is 0 Å². The average Bonchev–Trinajstić information content (AvgIpc) is 2.78. The fourth-order valence-corrected chi connectivity index (χ4v) is 1.63. The molecule has 16 heavy (non-hydrogen) atoms. The molecule has 1 aromatic carbocycles. The Morgan fingerprint density at radius 1 is 1.31 bits per heavy atom. The summed E-state index contributed by atoms with van der Waals surface area (Å²) in [6.07, 6.45) is 2.60. The molecule has 0 fully saturated rings. The molecule has 0 saturated carbocycles. The lowest BCUT2D eigenvalue weighted by molar-refractivity contribution is 0.318. The van der Waals surface area contributed by atoms with Gasteiger partial charge in [0, 0.05) is 22.7 Å². The van der Waals surface area contributed by atoms with Crippen LogP contribution in [-0.2, 0) is 0 Å². The van der Waals surface area contributed by atoms with Crippen LogP contribution >= 0.6 is 0 Å². The summed E-state index contributed by atoms with van der Waals surface area (Å²) in [6.45, 7) is 5.97. The number of oxime groups is 1. The van der Waals surface area contributed by atoms with Crippen molar-refractivity contribution in [2.75, 3.05) is 0 Å². The van der Waals surface area contributed by atoms with Gasteiger partial charge in [-0.3, -0.25) is 0 Å². The minimum Gasteiger partial charge on any atom is -0.411 e. The Labute approximate surface area is 95.8 Å². The number of hydrogen-bond acceptors (Lipinski definition) is 2. The number of rotatable bonds is 2. The molecular weight excluding hydrogens is 200 g/mol. The van der Waals surface area contributed by atoms with Crippen molar-refractivity contribution in [2.45, 2.75) is 27.2 Å². The summed E-state index contributed by atoms with van der Waals surface area (Å²) in [6, 6.07) is 7.97. The van der Waals surface area contributed by atoms with Crippen LogP contribution in [0.2, 0.25) is 0 Å². The van der Waals surface area contributed by atoms with Crippen molar-refractivity contribution in [3.05, 3.63) is 36.0 Å². The largest absolute Gasteiger partial charge is 0.411 e. The van der Waals surface area contributed by atoms with Crippen molar-refractivity contribution in [1.29, 1.82) is 0 Å². The molecule has 1 aromatic heterocycles. The van der Waals surface area contributed by atoms with Gasteiger partial charge in [0.05, 0.1) is 5.71 Å². The SMILES string of the molecule is CC.CC/C(=N/O)c1c[nH]c2ccccc12. The summed E-state index contributed by atoms with van der Waals surface area (Å²) < 4.78 is 0. The number of fused-ring (bicyclic) bond motifs is 1.